The van der Waals surface area contributed by atoms with Crippen LogP contribution in [-0.4, -0.2) is 62.8 Å². The monoisotopic (exact) mass is 368 g/mol. The Morgan fingerprint density at radius 1 is 1.07 bits per heavy atom. The summed E-state index contributed by atoms with van der Waals surface area (Å²) in [5.41, 5.74) is 2.42. The Kier molecular flexibility index (Phi) is 6.22. The van der Waals surface area contributed by atoms with Crippen molar-refractivity contribution in [2.75, 3.05) is 26.2 Å². The summed E-state index contributed by atoms with van der Waals surface area (Å²) in [4.78, 5) is 9.53. The highest BCUT2D eigenvalue weighted by molar-refractivity contribution is 5.32. The first-order valence-electron chi connectivity index (χ1n) is 10.5. The second kappa shape index (κ2) is 9.00. The second-order valence-corrected chi connectivity index (χ2v) is 8.01. The third-order valence-corrected chi connectivity index (χ3v) is 6.26. The van der Waals surface area contributed by atoms with Gasteiger partial charge in [0.15, 0.2) is 0 Å². The number of piperazine rings is 1. The highest BCUT2D eigenvalue weighted by Crippen LogP contribution is 2.27. The summed E-state index contributed by atoms with van der Waals surface area (Å²) in [6.45, 7) is 4.52. The molecule has 3 heterocycles. The average Bonchev–Trinajstić information content (AvgIpc) is 3.18. The lowest BCUT2D eigenvalue weighted by Gasteiger charge is -2.46. The molecule has 27 heavy (non-hydrogen) atoms. The van der Waals surface area contributed by atoms with Crippen LogP contribution < -0.4 is 0 Å². The van der Waals surface area contributed by atoms with Crippen LogP contribution in [0.1, 0.15) is 44.2 Å². The molecule has 1 N–H and O–H groups in total. The van der Waals surface area contributed by atoms with Crippen LogP contribution in [0.25, 0.3) is 5.69 Å². The van der Waals surface area contributed by atoms with Gasteiger partial charge in [-0.15, -0.1) is 0 Å². The molecular formula is C22H32N4O. The molecule has 0 bridgehead atoms. The Morgan fingerprint density at radius 3 is 2.74 bits per heavy atom. The summed E-state index contributed by atoms with van der Waals surface area (Å²) >= 11 is 0. The largest absolute Gasteiger partial charge is 0.396 e. The molecule has 5 heteroatoms. The fourth-order valence-corrected chi connectivity index (χ4v) is 4.90. The van der Waals surface area contributed by atoms with E-state index in [2.05, 4.69) is 43.7 Å². The van der Waals surface area contributed by atoms with Crippen LogP contribution in [0, 0.1) is 0 Å². The first-order valence-corrected chi connectivity index (χ1v) is 10.5. The van der Waals surface area contributed by atoms with Gasteiger partial charge in [-0.2, -0.15) is 0 Å². The van der Waals surface area contributed by atoms with Gasteiger partial charge in [-0.1, -0.05) is 19.3 Å². The summed E-state index contributed by atoms with van der Waals surface area (Å²) in [5.74, 6) is 0. The smallest absolute Gasteiger partial charge is 0.0636 e. The van der Waals surface area contributed by atoms with E-state index in [0.717, 1.165) is 44.3 Å². The number of aromatic nitrogens is 2. The van der Waals surface area contributed by atoms with Gasteiger partial charge >= 0.3 is 0 Å². The van der Waals surface area contributed by atoms with Gasteiger partial charge in [-0.3, -0.25) is 14.8 Å². The van der Waals surface area contributed by atoms with E-state index in [1.165, 1.54) is 37.8 Å². The standard InChI is InChI=1S/C22H32N4O/c27-15-10-22-18-24(13-14-26(22)19-6-2-1-3-7-19)17-21-9-5-12-25(21)20-8-4-11-23-16-20/h4-5,8-9,11-12,16,19,22,27H,1-3,6-7,10,13-15,17-18H2/t22-/m0/s1. The van der Waals surface area contributed by atoms with Gasteiger partial charge in [0, 0.05) is 63.0 Å². The summed E-state index contributed by atoms with van der Waals surface area (Å²) in [7, 11) is 0. The molecule has 1 aliphatic heterocycles. The summed E-state index contributed by atoms with van der Waals surface area (Å²) in [6.07, 6.45) is 13.6. The van der Waals surface area contributed by atoms with Crippen LogP contribution in [0.2, 0.25) is 0 Å². The quantitative estimate of drug-likeness (QED) is 0.851. The van der Waals surface area contributed by atoms with Gasteiger partial charge in [0.1, 0.15) is 0 Å². The number of nitrogens with zero attached hydrogens (tertiary/aromatic N) is 4. The topological polar surface area (TPSA) is 44.5 Å². The predicted molar refractivity (Wildman–Crippen MR) is 108 cm³/mol. The van der Waals surface area contributed by atoms with Gasteiger partial charge in [-0.25, -0.2) is 0 Å². The summed E-state index contributed by atoms with van der Waals surface area (Å²) in [6, 6.07) is 9.63. The third kappa shape index (κ3) is 4.42. The van der Waals surface area contributed by atoms with Gasteiger partial charge in [-0.05, 0) is 43.5 Å². The summed E-state index contributed by atoms with van der Waals surface area (Å²) in [5, 5.41) is 9.61. The van der Waals surface area contributed by atoms with Crippen LogP contribution in [0.3, 0.4) is 0 Å². The highest BCUT2D eigenvalue weighted by atomic mass is 16.3. The number of aliphatic hydroxyl groups excluding tert-OH is 1. The zero-order valence-electron chi connectivity index (χ0n) is 16.2. The summed E-state index contributed by atoms with van der Waals surface area (Å²) < 4.78 is 2.24. The molecule has 2 aliphatic rings. The number of hydrogen-bond acceptors (Lipinski definition) is 4. The average molecular weight is 369 g/mol. The second-order valence-electron chi connectivity index (χ2n) is 8.01. The molecule has 0 unspecified atom stereocenters. The molecule has 2 aromatic rings. The van der Waals surface area contributed by atoms with E-state index in [1.54, 1.807) is 0 Å². The third-order valence-electron chi connectivity index (χ3n) is 6.26. The van der Waals surface area contributed by atoms with Crippen LogP contribution >= 0.6 is 0 Å². The Bertz CT molecular complexity index is 695. The molecule has 0 spiro atoms. The van der Waals surface area contributed by atoms with Crippen LogP contribution in [0.5, 0.6) is 0 Å². The molecule has 146 valence electrons. The van der Waals surface area contributed by atoms with Crippen molar-refractivity contribution in [3.63, 3.8) is 0 Å². The lowest BCUT2D eigenvalue weighted by Crippen LogP contribution is -2.56. The molecule has 0 aromatic carbocycles. The maximum absolute atomic E-state index is 9.61. The molecule has 5 nitrogen and oxygen atoms in total. The van der Waals surface area contributed by atoms with E-state index < -0.39 is 0 Å². The Hall–Kier alpha value is -1.69. The minimum Gasteiger partial charge on any atom is -0.396 e. The number of rotatable bonds is 6. The van der Waals surface area contributed by atoms with Crippen molar-refractivity contribution in [3.05, 3.63) is 48.5 Å². The van der Waals surface area contributed by atoms with Gasteiger partial charge < -0.3 is 9.67 Å². The molecular weight excluding hydrogens is 336 g/mol. The molecule has 0 radical (unpaired) electrons. The Labute approximate surface area is 162 Å². The Balaban J connectivity index is 1.43. The lowest BCUT2D eigenvalue weighted by atomic mass is 9.92. The Morgan fingerprint density at radius 2 is 1.96 bits per heavy atom. The molecule has 4 rings (SSSR count). The van der Waals surface area contributed by atoms with Crippen molar-refractivity contribution in [1.82, 2.24) is 19.4 Å². The zero-order valence-corrected chi connectivity index (χ0v) is 16.2. The van der Waals surface area contributed by atoms with E-state index in [-0.39, 0.29) is 6.61 Å². The van der Waals surface area contributed by atoms with Crippen molar-refractivity contribution in [2.24, 2.45) is 0 Å². The highest BCUT2D eigenvalue weighted by Gasteiger charge is 2.32. The van der Waals surface area contributed by atoms with Crippen molar-refractivity contribution in [1.29, 1.82) is 0 Å². The van der Waals surface area contributed by atoms with Crippen molar-refractivity contribution in [3.8, 4) is 5.69 Å². The predicted octanol–water partition coefficient (Wildman–Crippen LogP) is 3.07. The number of aliphatic hydroxyl groups is 1. The maximum Gasteiger partial charge on any atom is 0.0636 e. The molecule has 1 atom stereocenters. The molecule has 2 aromatic heterocycles. The van der Waals surface area contributed by atoms with E-state index >= 15 is 0 Å². The van der Waals surface area contributed by atoms with Gasteiger partial charge in [0.2, 0.25) is 0 Å². The molecule has 0 amide bonds. The van der Waals surface area contributed by atoms with Gasteiger partial charge in [0.05, 0.1) is 11.9 Å². The minimum absolute atomic E-state index is 0.286. The van der Waals surface area contributed by atoms with E-state index in [4.69, 9.17) is 0 Å². The molecule has 1 saturated heterocycles. The fraction of sp³-hybridized carbons (Fsp3) is 0.591. The van der Waals surface area contributed by atoms with Crippen LogP contribution in [-0.2, 0) is 6.54 Å². The number of pyridine rings is 1. The molecule has 1 aliphatic carbocycles. The molecule has 1 saturated carbocycles. The van der Waals surface area contributed by atoms with Crippen molar-refractivity contribution in [2.45, 2.75) is 57.2 Å². The normalized spacial score (nSPS) is 22.9. The van der Waals surface area contributed by atoms with E-state index in [9.17, 15) is 5.11 Å². The van der Waals surface area contributed by atoms with E-state index in [0.29, 0.717) is 6.04 Å². The van der Waals surface area contributed by atoms with Crippen molar-refractivity contribution >= 4 is 0 Å². The maximum atomic E-state index is 9.61. The number of hydrogen-bond donors (Lipinski definition) is 1. The minimum atomic E-state index is 0.286. The van der Waals surface area contributed by atoms with Gasteiger partial charge in [0.25, 0.3) is 0 Å². The SMILES string of the molecule is OCC[C@H]1CN(Cc2cccn2-c2cccnc2)CCN1C1CCCCC1. The van der Waals surface area contributed by atoms with Crippen LogP contribution in [0.15, 0.2) is 42.9 Å². The molecule has 2 fully saturated rings. The van der Waals surface area contributed by atoms with E-state index in [1.807, 2.05) is 18.5 Å². The fourth-order valence-electron chi connectivity index (χ4n) is 4.90. The first kappa shape index (κ1) is 18.7. The van der Waals surface area contributed by atoms with Crippen molar-refractivity contribution < 1.29 is 5.11 Å². The van der Waals surface area contributed by atoms with Crippen LogP contribution in [0.4, 0.5) is 0 Å². The zero-order chi connectivity index (χ0) is 18.5. The first-order chi connectivity index (χ1) is 13.3. The lowest BCUT2D eigenvalue weighted by molar-refractivity contribution is 0.0131.